The first kappa shape index (κ1) is 18.0. The lowest BCUT2D eigenvalue weighted by atomic mass is 9.98. The molecular formula is C9H19ClNO6P. The predicted molar refractivity (Wildman–Crippen MR) is 65.7 cm³/mol. The van der Waals surface area contributed by atoms with Crippen LogP contribution in [0.4, 0.5) is 0 Å². The Morgan fingerprint density at radius 2 is 1.78 bits per heavy atom. The van der Waals surface area contributed by atoms with E-state index in [-0.39, 0.29) is 6.10 Å². The van der Waals surface area contributed by atoms with Gasteiger partial charge >= 0.3 is 7.82 Å². The summed E-state index contributed by atoms with van der Waals surface area (Å²) in [6.45, 7) is 1.69. The summed E-state index contributed by atoms with van der Waals surface area (Å²) in [5, 5.41) is -0.407. The van der Waals surface area contributed by atoms with Crippen LogP contribution in [0.2, 0.25) is 0 Å². The Hall–Kier alpha value is -0.0100. The van der Waals surface area contributed by atoms with Crippen LogP contribution in [-0.2, 0) is 14.2 Å². The monoisotopic (exact) mass is 303 g/mol. The molecular weight excluding hydrogens is 285 g/mol. The van der Waals surface area contributed by atoms with E-state index in [4.69, 9.17) is 35.7 Å². The number of hydroxylamine groups is 1. The van der Waals surface area contributed by atoms with Crippen LogP contribution in [0.1, 0.15) is 39.0 Å². The molecule has 0 amide bonds. The van der Waals surface area contributed by atoms with Crippen molar-refractivity contribution in [2.45, 2.75) is 51.2 Å². The minimum Gasteiger partial charge on any atom is -0.303 e. The van der Waals surface area contributed by atoms with Crippen LogP contribution in [0.15, 0.2) is 0 Å². The molecule has 1 aliphatic rings. The molecule has 1 aliphatic carbocycles. The van der Waals surface area contributed by atoms with Gasteiger partial charge in [-0.15, -0.1) is 0 Å². The molecule has 1 saturated carbocycles. The van der Waals surface area contributed by atoms with Gasteiger partial charge in [0.15, 0.2) is 0 Å². The summed E-state index contributed by atoms with van der Waals surface area (Å²) < 4.78 is 8.88. The smallest absolute Gasteiger partial charge is 0.303 e. The van der Waals surface area contributed by atoms with Crippen molar-refractivity contribution in [3.63, 3.8) is 0 Å². The largest absolute Gasteiger partial charge is 0.466 e. The average molecular weight is 304 g/mol. The average Bonchev–Trinajstić information content (AvgIpc) is 2.25. The Kier molecular flexibility index (Phi) is 8.98. The summed E-state index contributed by atoms with van der Waals surface area (Å²) in [6, 6.07) is -0.413. The molecule has 0 spiro atoms. The van der Waals surface area contributed by atoms with Gasteiger partial charge in [-0.1, -0.05) is 19.3 Å². The number of phosphoric acid groups is 1. The highest BCUT2D eigenvalue weighted by Crippen LogP contribution is 2.25. The molecule has 0 aromatic rings. The number of carbonyl (C=O) groups is 1. The van der Waals surface area contributed by atoms with E-state index in [2.05, 4.69) is 5.48 Å². The van der Waals surface area contributed by atoms with Crippen molar-refractivity contribution in [1.82, 2.24) is 5.48 Å². The van der Waals surface area contributed by atoms with Crippen molar-refractivity contribution >= 4 is 24.7 Å². The number of carbonyl (C=O) groups excluding carboxylic acids is 1. The maximum Gasteiger partial charge on any atom is 0.466 e. The summed E-state index contributed by atoms with van der Waals surface area (Å²) in [7, 11) is -4.64. The topological polar surface area (TPSA) is 116 Å². The number of nitrogens with one attached hydrogen (secondary N) is 1. The fourth-order valence-corrected chi connectivity index (χ4v) is 1.47. The van der Waals surface area contributed by atoms with E-state index in [1.807, 2.05) is 0 Å². The van der Waals surface area contributed by atoms with Crippen molar-refractivity contribution < 1.29 is 28.9 Å². The zero-order valence-electron chi connectivity index (χ0n) is 10.1. The Morgan fingerprint density at radius 3 is 2.17 bits per heavy atom. The minimum absolute atomic E-state index is 0.257. The molecule has 1 rings (SSSR count). The maximum atomic E-state index is 10.6. The second-order valence-electron chi connectivity index (χ2n) is 4.03. The highest BCUT2D eigenvalue weighted by Gasteiger charge is 2.16. The fourth-order valence-electron chi connectivity index (χ4n) is 1.43. The summed E-state index contributed by atoms with van der Waals surface area (Å²) in [5.74, 6) is 0. The molecule has 4 N–H and O–H groups in total. The Labute approximate surface area is 111 Å². The molecule has 0 aromatic heterocycles. The van der Waals surface area contributed by atoms with Gasteiger partial charge in [-0.25, -0.2) is 4.57 Å². The van der Waals surface area contributed by atoms with Crippen LogP contribution in [0.25, 0.3) is 0 Å². The fraction of sp³-hybridized carbons (Fsp3) is 0.889. The maximum absolute atomic E-state index is 10.6. The lowest BCUT2D eigenvalue weighted by molar-refractivity contribution is -0.120. The van der Waals surface area contributed by atoms with Crippen molar-refractivity contribution in [3.05, 3.63) is 0 Å². The van der Waals surface area contributed by atoms with Gasteiger partial charge in [-0.3, -0.25) is 9.63 Å². The van der Waals surface area contributed by atoms with Crippen LogP contribution in [-0.4, -0.2) is 32.1 Å². The van der Waals surface area contributed by atoms with Crippen LogP contribution < -0.4 is 5.48 Å². The quantitative estimate of drug-likeness (QED) is 0.348. The Morgan fingerprint density at radius 1 is 1.33 bits per heavy atom. The third kappa shape index (κ3) is 12.4. The molecule has 0 bridgehead atoms. The summed E-state index contributed by atoms with van der Waals surface area (Å²) in [6.07, 6.45) is 6.15. The van der Waals surface area contributed by atoms with Gasteiger partial charge in [0.2, 0.25) is 5.24 Å². The normalized spacial score (nSPS) is 18.7. The molecule has 108 valence electrons. The van der Waals surface area contributed by atoms with Gasteiger partial charge in [0.05, 0.1) is 6.10 Å². The molecule has 1 atom stereocenters. The zero-order chi connectivity index (χ0) is 14.2. The zero-order valence-corrected chi connectivity index (χ0v) is 11.7. The van der Waals surface area contributed by atoms with Crippen molar-refractivity contribution in [3.8, 4) is 0 Å². The minimum atomic E-state index is -4.64. The molecule has 0 heterocycles. The van der Waals surface area contributed by atoms with E-state index in [1.165, 1.54) is 19.3 Å². The molecule has 1 fully saturated rings. The van der Waals surface area contributed by atoms with Gasteiger partial charge in [-0.05, 0) is 31.4 Å². The Balaban J connectivity index is 0.000000494. The summed E-state index contributed by atoms with van der Waals surface area (Å²) in [4.78, 5) is 37.6. The van der Waals surface area contributed by atoms with Crippen molar-refractivity contribution in [2.75, 3.05) is 0 Å². The van der Waals surface area contributed by atoms with Crippen LogP contribution in [0.5, 0.6) is 0 Å². The van der Waals surface area contributed by atoms with E-state index in [0.717, 1.165) is 12.8 Å². The number of rotatable bonds is 4. The van der Waals surface area contributed by atoms with E-state index in [0.29, 0.717) is 0 Å². The first-order valence-corrected chi connectivity index (χ1v) is 7.53. The molecule has 7 nitrogen and oxygen atoms in total. The van der Waals surface area contributed by atoms with Gasteiger partial charge in [0, 0.05) is 0 Å². The van der Waals surface area contributed by atoms with Gasteiger partial charge in [0.25, 0.3) is 0 Å². The van der Waals surface area contributed by atoms with E-state index < -0.39 is 19.1 Å². The second-order valence-corrected chi connectivity index (χ2v) is 5.43. The highest BCUT2D eigenvalue weighted by molar-refractivity contribution is 7.45. The number of halogens is 1. The lowest BCUT2D eigenvalue weighted by Gasteiger charge is -2.22. The summed E-state index contributed by atoms with van der Waals surface area (Å²) in [5.41, 5.74) is 2.67. The molecule has 1 unspecified atom stereocenters. The molecule has 18 heavy (non-hydrogen) atoms. The van der Waals surface area contributed by atoms with Crippen LogP contribution in [0, 0.1) is 0 Å². The molecule has 0 aromatic carbocycles. The van der Waals surface area contributed by atoms with Crippen LogP contribution >= 0.6 is 19.4 Å². The summed E-state index contributed by atoms with van der Waals surface area (Å²) >= 11 is 5.26. The predicted octanol–water partition coefficient (Wildman–Crippen LogP) is 1.07. The van der Waals surface area contributed by atoms with E-state index in [1.54, 1.807) is 6.92 Å². The van der Waals surface area contributed by atoms with E-state index >= 15 is 0 Å². The Bertz CT molecular complexity index is 283. The third-order valence-corrected chi connectivity index (χ3v) is 2.63. The van der Waals surface area contributed by atoms with Crippen LogP contribution in [0.3, 0.4) is 0 Å². The van der Waals surface area contributed by atoms with Gasteiger partial charge in [0.1, 0.15) is 6.04 Å². The molecule has 9 heteroatoms. The number of hydrogen-bond donors (Lipinski definition) is 4. The van der Waals surface area contributed by atoms with Crippen molar-refractivity contribution in [1.29, 1.82) is 0 Å². The van der Waals surface area contributed by atoms with Crippen molar-refractivity contribution in [2.24, 2.45) is 0 Å². The second kappa shape index (κ2) is 8.98. The van der Waals surface area contributed by atoms with Gasteiger partial charge in [-0.2, -0.15) is 5.48 Å². The molecule has 0 saturated heterocycles. The first-order valence-electron chi connectivity index (χ1n) is 5.59. The standard InChI is InChI=1S/C9H16ClNO2.H3O4P/c1-7(9(10)12)11-13-8-5-3-2-4-6-8;1-5(2,3)4/h7-8,11H,2-6H2,1H3;(H3,1,2,3,4). The third-order valence-electron chi connectivity index (χ3n) is 2.30. The molecule has 0 radical (unpaired) electrons. The lowest BCUT2D eigenvalue weighted by Crippen LogP contribution is -2.35. The molecule has 0 aliphatic heterocycles. The number of hydrogen-bond acceptors (Lipinski definition) is 4. The van der Waals surface area contributed by atoms with Gasteiger partial charge < -0.3 is 14.7 Å². The highest BCUT2D eigenvalue weighted by atomic mass is 35.5. The van der Waals surface area contributed by atoms with E-state index in [9.17, 15) is 4.79 Å². The first-order chi connectivity index (χ1) is 8.20. The SMILES string of the molecule is CC(NOC1CCCCC1)C(=O)Cl.O=P(O)(O)O.